The fourth-order valence-corrected chi connectivity index (χ4v) is 2.48. The molecule has 0 bridgehead atoms. The van der Waals surface area contributed by atoms with Crippen molar-refractivity contribution in [3.05, 3.63) is 58.3 Å². The second kappa shape index (κ2) is 6.72. The number of hydrogen-bond donors (Lipinski definition) is 2. The molecule has 110 valence electrons. The van der Waals surface area contributed by atoms with Crippen molar-refractivity contribution in [1.82, 2.24) is 0 Å². The van der Waals surface area contributed by atoms with Gasteiger partial charge in [0.05, 0.1) is 0 Å². The van der Waals surface area contributed by atoms with Crippen LogP contribution in [-0.4, -0.2) is 5.91 Å². The second-order valence-corrected chi connectivity index (χ2v) is 5.65. The highest BCUT2D eigenvalue weighted by Gasteiger charge is 2.09. The largest absolute Gasteiger partial charge is 0.378 e. The molecule has 21 heavy (non-hydrogen) atoms. The topological polar surface area (TPSA) is 41.1 Å². The van der Waals surface area contributed by atoms with Crippen LogP contribution in [0.15, 0.2) is 46.9 Å². The molecule has 0 aliphatic heterocycles. The van der Waals surface area contributed by atoms with Gasteiger partial charge >= 0.3 is 0 Å². The third kappa shape index (κ3) is 4.29. The van der Waals surface area contributed by atoms with E-state index < -0.39 is 0 Å². The number of nitrogens with one attached hydrogen (secondary N) is 2. The first-order chi connectivity index (χ1) is 9.95. The maximum absolute atomic E-state index is 13.1. The van der Waals surface area contributed by atoms with Crippen molar-refractivity contribution in [2.75, 3.05) is 10.6 Å². The van der Waals surface area contributed by atoms with Crippen LogP contribution in [0.5, 0.6) is 0 Å². The third-order valence-corrected chi connectivity index (χ3v) is 3.67. The van der Waals surface area contributed by atoms with Gasteiger partial charge in [0.15, 0.2) is 0 Å². The Labute approximate surface area is 131 Å². The Morgan fingerprint density at radius 2 is 2.00 bits per heavy atom. The Balaban J connectivity index is 2.16. The molecule has 0 saturated heterocycles. The maximum atomic E-state index is 13.1. The van der Waals surface area contributed by atoms with Crippen molar-refractivity contribution in [2.45, 2.75) is 19.9 Å². The van der Waals surface area contributed by atoms with E-state index in [-0.39, 0.29) is 17.8 Å². The molecule has 0 heterocycles. The van der Waals surface area contributed by atoms with Gasteiger partial charge in [-0.25, -0.2) is 4.39 Å². The van der Waals surface area contributed by atoms with E-state index in [4.69, 9.17) is 0 Å². The molecule has 1 amide bonds. The minimum atomic E-state index is -0.285. The van der Waals surface area contributed by atoms with E-state index in [0.717, 1.165) is 16.9 Å². The molecule has 2 rings (SSSR count). The van der Waals surface area contributed by atoms with Gasteiger partial charge in [0.1, 0.15) is 5.82 Å². The van der Waals surface area contributed by atoms with Gasteiger partial charge in [-0.1, -0.05) is 12.1 Å². The molecule has 2 aromatic rings. The molecular formula is C16H16BrFN2O. The quantitative estimate of drug-likeness (QED) is 0.837. The lowest BCUT2D eigenvalue weighted by Gasteiger charge is -2.18. The summed E-state index contributed by atoms with van der Waals surface area (Å²) in [7, 11) is 0. The number of rotatable bonds is 4. The number of carbonyl (C=O) groups is 1. The van der Waals surface area contributed by atoms with Crippen molar-refractivity contribution >= 4 is 33.2 Å². The first kappa shape index (κ1) is 15.5. The normalized spacial score (nSPS) is 11.8. The summed E-state index contributed by atoms with van der Waals surface area (Å²) >= 11 is 3.34. The van der Waals surface area contributed by atoms with E-state index >= 15 is 0 Å². The highest BCUT2D eigenvalue weighted by molar-refractivity contribution is 9.10. The van der Waals surface area contributed by atoms with Crippen LogP contribution in [0, 0.1) is 5.82 Å². The minimum Gasteiger partial charge on any atom is -0.378 e. The fourth-order valence-electron chi connectivity index (χ4n) is 2.01. The lowest BCUT2D eigenvalue weighted by atomic mass is 10.1. The average Bonchev–Trinajstić information content (AvgIpc) is 2.41. The van der Waals surface area contributed by atoms with E-state index in [0.29, 0.717) is 4.47 Å². The average molecular weight is 351 g/mol. The molecule has 3 nitrogen and oxygen atoms in total. The Hall–Kier alpha value is -1.88. The summed E-state index contributed by atoms with van der Waals surface area (Å²) < 4.78 is 13.8. The van der Waals surface area contributed by atoms with Crippen LogP contribution < -0.4 is 10.6 Å². The predicted molar refractivity (Wildman–Crippen MR) is 86.9 cm³/mol. The molecular weight excluding hydrogens is 335 g/mol. The van der Waals surface area contributed by atoms with Crippen LogP contribution in [-0.2, 0) is 4.79 Å². The van der Waals surface area contributed by atoms with Gasteiger partial charge in [0.2, 0.25) is 5.91 Å². The molecule has 2 N–H and O–H groups in total. The molecule has 0 radical (unpaired) electrons. The van der Waals surface area contributed by atoms with E-state index in [9.17, 15) is 9.18 Å². The number of anilines is 2. The zero-order valence-electron chi connectivity index (χ0n) is 11.8. The zero-order chi connectivity index (χ0) is 15.4. The summed E-state index contributed by atoms with van der Waals surface area (Å²) in [5, 5.41) is 6.07. The number of hydrogen-bond acceptors (Lipinski definition) is 2. The van der Waals surface area contributed by atoms with Crippen LogP contribution in [0.25, 0.3) is 0 Å². The SMILES string of the molecule is CC(=O)Nc1cccc(C(C)Nc2ccc(F)cc2Br)c1. The summed E-state index contributed by atoms with van der Waals surface area (Å²) in [6.07, 6.45) is 0. The van der Waals surface area contributed by atoms with Crippen molar-refractivity contribution in [3.63, 3.8) is 0 Å². The van der Waals surface area contributed by atoms with Crippen LogP contribution in [0.1, 0.15) is 25.5 Å². The monoisotopic (exact) mass is 350 g/mol. The fraction of sp³-hybridized carbons (Fsp3) is 0.188. The summed E-state index contributed by atoms with van der Waals surface area (Å²) in [5.74, 6) is -0.387. The van der Waals surface area contributed by atoms with Crippen molar-refractivity contribution in [2.24, 2.45) is 0 Å². The summed E-state index contributed by atoms with van der Waals surface area (Å²) in [5.41, 5.74) is 2.60. The first-order valence-electron chi connectivity index (χ1n) is 6.55. The Kier molecular flexibility index (Phi) is 4.96. The molecule has 0 spiro atoms. The number of benzene rings is 2. The van der Waals surface area contributed by atoms with Crippen LogP contribution in [0.2, 0.25) is 0 Å². The number of carbonyl (C=O) groups excluding carboxylic acids is 1. The first-order valence-corrected chi connectivity index (χ1v) is 7.34. The van der Waals surface area contributed by atoms with Gasteiger partial charge in [-0.05, 0) is 58.7 Å². The maximum Gasteiger partial charge on any atom is 0.221 e. The molecule has 0 aromatic heterocycles. The van der Waals surface area contributed by atoms with Crippen LogP contribution >= 0.6 is 15.9 Å². The molecule has 1 unspecified atom stereocenters. The summed E-state index contributed by atoms with van der Waals surface area (Å²) in [6, 6.07) is 12.1. The van der Waals surface area contributed by atoms with E-state index in [1.54, 1.807) is 6.07 Å². The van der Waals surface area contributed by atoms with E-state index in [1.807, 2.05) is 31.2 Å². The Morgan fingerprint density at radius 3 is 2.67 bits per heavy atom. The molecule has 0 fully saturated rings. The van der Waals surface area contributed by atoms with Gasteiger partial charge < -0.3 is 10.6 Å². The van der Waals surface area contributed by atoms with Crippen molar-refractivity contribution in [1.29, 1.82) is 0 Å². The lowest BCUT2D eigenvalue weighted by molar-refractivity contribution is -0.114. The highest BCUT2D eigenvalue weighted by Crippen LogP contribution is 2.28. The van der Waals surface area contributed by atoms with Crippen molar-refractivity contribution < 1.29 is 9.18 Å². The van der Waals surface area contributed by atoms with Crippen LogP contribution in [0.4, 0.5) is 15.8 Å². The molecule has 0 aliphatic rings. The van der Waals surface area contributed by atoms with Gasteiger partial charge in [-0.3, -0.25) is 4.79 Å². The Bertz CT molecular complexity index is 660. The minimum absolute atomic E-state index is 0.0143. The van der Waals surface area contributed by atoms with Gasteiger partial charge in [0.25, 0.3) is 0 Å². The van der Waals surface area contributed by atoms with Gasteiger partial charge in [0, 0.05) is 28.8 Å². The zero-order valence-corrected chi connectivity index (χ0v) is 13.4. The van der Waals surface area contributed by atoms with Gasteiger partial charge in [-0.15, -0.1) is 0 Å². The molecule has 2 aromatic carbocycles. The molecule has 1 atom stereocenters. The van der Waals surface area contributed by atoms with Crippen LogP contribution in [0.3, 0.4) is 0 Å². The molecule has 0 saturated carbocycles. The lowest BCUT2D eigenvalue weighted by Crippen LogP contribution is -2.09. The summed E-state index contributed by atoms with van der Waals surface area (Å²) in [4.78, 5) is 11.1. The predicted octanol–water partition coefficient (Wildman–Crippen LogP) is 4.72. The van der Waals surface area contributed by atoms with Crippen molar-refractivity contribution in [3.8, 4) is 0 Å². The third-order valence-electron chi connectivity index (χ3n) is 3.01. The standard InChI is InChI=1S/C16H16BrFN2O/c1-10(19-16-7-6-13(18)9-15(16)17)12-4-3-5-14(8-12)20-11(2)21/h3-10,19H,1-2H3,(H,20,21). The van der Waals surface area contributed by atoms with Gasteiger partial charge in [-0.2, -0.15) is 0 Å². The number of halogens is 2. The molecule has 0 aliphatic carbocycles. The highest BCUT2D eigenvalue weighted by atomic mass is 79.9. The Morgan fingerprint density at radius 1 is 1.24 bits per heavy atom. The smallest absolute Gasteiger partial charge is 0.221 e. The number of amides is 1. The molecule has 5 heteroatoms. The summed E-state index contributed by atoms with van der Waals surface area (Å²) in [6.45, 7) is 3.48. The second-order valence-electron chi connectivity index (χ2n) is 4.80. The van der Waals surface area contributed by atoms with E-state index in [1.165, 1.54) is 19.1 Å². The van der Waals surface area contributed by atoms with E-state index in [2.05, 4.69) is 26.6 Å².